The Balaban J connectivity index is 1.83. The molecule has 3 N–H and O–H groups in total. The lowest BCUT2D eigenvalue weighted by atomic mass is 10.0. The van der Waals surface area contributed by atoms with E-state index in [1.54, 1.807) is 13.0 Å². The van der Waals surface area contributed by atoms with Crippen molar-refractivity contribution in [3.05, 3.63) is 28.8 Å². The molecule has 0 unspecified atom stereocenters. The van der Waals surface area contributed by atoms with Crippen molar-refractivity contribution in [3.63, 3.8) is 0 Å². The van der Waals surface area contributed by atoms with Gasteiger partial charge in [0, 0.05) is 24.6 Å². The van der Waals surface area contributed by atoms with E-state index >= 15 is 0 Å². The van der Waals surface area contributed by atoms with Crippen molar-refractivity contribution in [2.75, 3.05) is 11.9 Å². The molecular formula is C17H22N2O4. The van der Waals surface area contributed by atoms with Gasteiger partial charge in [-0.1, -0.05) is 6.07 Å². The third kappa shape index (κ3) is 4.81. The fraction of sp³-hybridized carbons (Fsp3) is 0.471. The van der Waals surface area contributed by atoms with E-state index in [0.29, 0.717) is 24.2 Å². The van der Waals surface area contributed by atoms with Gasteiger partial charge >= 0.3 is 5.97 Å². The van der Waals surface area contributed by atoms with E-state index in [4.69, 9.17) is 5.11 Å². The standard InChI is InChI=1S/C17H22N2O4/c1-10-8-11(2)14(9-13(10)17(22)23)19-15(20)4-3-7-18-16(21)12-5-6-12/h8-9,12H,3-7H2,1-2H3,(H,18,21)(H,19,20)(H,22,23). The Kier molecular flexibility index (Phi) is 5.36. The summed E-state index contributed by atoms with van der Waals surface area (Å²) in [6.45, 7) is 4.03. The molecule has 0 radical (unpaired) electrons. The van der Waals surface area contributed by atoms with Crippen molar-refractivity contribution in [1.82, 2.24) is 5.32 Å². The minimum atomic E-state index is -1.01. The van der Waals surface area contributed by atoms with E-state index < -0.39 is 5.97 Å². The average Bonchev–Trinajstić information content (AvgIpc) is 3.30. The predicted molar refractivity (Wildman–Crippen MR) is 86.5 cm³/mol. The van der Waals surface area contributed by atoms with E-state index in [2.05, 4.69) is 10.6 Å². The van der Waals surface area contributed by atoms with Crippen molar-refractivity contribution in [3.8, 4) is 0 Å². The normalized spacial score (nSPS) is 13.5. The number of amides is 2. The van der Waals surface area contributed by atoms with Crippen LogP contribution in [0.2, 0.25) is 0 Å². The third-order valence-electron chi connectivity index (χ3n) is 3.90. The molecule has 0 aromatic heterocycles. The molecule has 23 heavy (non-hydrogen) atoms. The van der Waals surface area contributed by atoms with E-state index in [-0.39, 0.29) is 29.7 Å². The summed E-state index contributed by atoms with van der Waals surface area (Å²) in [5.41, 5.74) is 2.18. The molecule has 2 amide bonds. The van der Waals surface area contributed by atoms with Gasteiger partial charge in [0.15, 0.2) is 0 Å². The van der Waals surface area contributed by atoms with Crippen LogP contribution in [0.5, 0.6) is 0 Å². The summed E-state index contributed by atoms with van der Waals surface area (Å²) in [6, 6.07) is 3.23. The van der Waals surface area contributed by atoms with Gasteiger partial charge in [-0.2, -0.15) is 0 Å². The summed E-state index contributed by atoms with van der Waals surface area (Å²) in [7, 11) is 0. The zero-order valence-corrected chi connectivity index (χ0v) is 13.4. The Morgan fingerprint density at radius 2 is 1.87 bits per heavy atom. The summed E-state index contributed by atoms with van der Waals surface area (Å²) in [5.74, 6) is -0.950. The maximum absolute atomic E-state index is 12.0. The number of carboxylic acid groups (broad SMARTS) is 1. The molecule has 2 rings (SSSR count). The molecule has 0 saturated heterocycles. The van der Waals surface area contributed by atoms with Gasteiger partial charge in [0.1, 0.15) is 0 Å². The number of aromatic carboxylic acids is 1. The lowest BCUT2D eigenvalue weighted by molar-refractivity contribution is -0.122. The van der Waals surface area contributed by atoms with Crippen molar-refractivity contribution >= 4 is 23.5 Å². The molecule has 1 aromatic carbocycles. The van der Waals surface area contributed by atoms with Gasteiger partial charge in [-0.25, -0.2) is 4.79 Å². The van der Waals surface area contributed by atoms with E-state index in [0.717, 1.165) is 18.4 Å². The van der Waals surface area contributed by atoms with Gasteiger partial charge in [-0.15, -0.1) is 0 Å². The molecule has 1 aliphatic rings. The highest BCUT2D eigenvalue weighted by Gasteiger charge is 2.28. The quantitative estimate of drug-likeness (QED) is 0.672. The average molecular weight is 318 g/mol. The molecule has 0 aliphatic heterocycles. The van der Waals surface area contributed by atoms with Gasteiger partial charge < -0.3 is 15.7 Å². The number of anilines is 1. The minimum Gasteiger partial charge on any atom is -0.478 e. The van der Waals surface area contributed by atoms with Crippen molar-refractivity contribution in [2.45, 2.75) is 39.5 Å². The smallest absolute Gasteiger partial charge is 0.336 e. The van der Waals surface area contributed by atoms with Gasteiger partial charge in [0.2, 0.25) is 11.8 Å². The molecule has 6 heteroatoms. The first-order chi connectivity index (χ1) is 10.9. The number of benzene rings is 1. The lowest BCUT2D eigenvalue weighted by Gasteiger charge is -2.11. The lowest BCUT2D eigenvalue weighted by Crippen LogP contribution is -2.26. The van der Waals surface area contributed by atoms with Gasteiger partial charge in [-0.3, -0.25) is 9.59 Å². The molecule has 1 aromatic rings. The fourth-order valence-corrected chi connectivity index (χ4v) is 2.38. The number of aryl methyl sites for hydroxylation is 2. The summed E-state index contributed by atoms with van der Waals surface area (Å²) >= 11 is 0. The number of carbonyl (C=O) groups is 3. The molecule has 1 saturated carbocycles. The summed E-state index contributed by atoms with van der Waals surface area (Å²) < 4.78 is 0. The van der Waals surface area contributed by atoms with E-state index in [1.165, 1.54) is 6.07 Å². The van der Waals surface area contributed by atoms with Crippen LogP contribution < -0.4 is 10.6 Å². The number of carboxylic acids is 1. The molecule has 0 atom stereocenters. The molecular weight excluding hydrogens is 296 g/mol. The molecule has 1 fully saturated rings. The van der Waals surface area contributed by atoms with Crippen LogP contribution in [0.15, 0.2) is 12.1 Å². The van der Waals surface area contributed by atoms with Crippen LogP contribution in [0.25, 0.3) is 0 Å². The first-order valence-corrected chi connectivity index (χ1v) is 7.80. The highest BCUT2D eigenvalue weighted by atomic mass is 16.4. The first kappa shape index (κ1) is 17.0. The number of nitrogens with one attached hydrogen (secondary N) is 2. The largest absolute Gasteiger partial charge is 0.478 e. The second-order valence-corrected chi connectivity index (χ2v) is 6.00. The number of hydrogen-bond acceptors (Lipinski definition) is 3. The minimum absolute atomic E-state index is 0.0749. The van der Waals surface area contributed by atoms with Crippen LogP contribution in [0.4, 0.5) is 5.69 Å². The molecule has 0 spiro atoms. The number of rotatable bonds is 7. The topological polar surface area (TPSA) is 95.5 Å². The maximum atomic E-state index is 12.0. The second-order valence-electron chi connectivity index (χ2n) is 6.00. The Morgan fingerprint density at radius 1 is 1.17 bits per heavy atom. The van der Waals surface area contributed by atoms with Crippen molar-refractivity contribution in [1.29, 1.82) is 0 Å². The highest BCUT2D eigenvalue weighted by molar-refractivity contribution is 5.95. The van der Waals surface area contributed by atoms with E-state index in [9.17, 15) is 14.4 Å². The van der Waals surface area contributed by atoms with Crippen LogP contribution in [0.3, 0.4) is 0 Å². The second kappa shape index (κ2) is 7.26. The molecule has 6 nitrogen and oxygen atoms in total. The van der Waals surface area contributed by atoms with Gasteiger partial charge in [0.05, 0.1) is 5.56 Å². The third-order valence-corrected chi connectivity index (χ3v) is 3.90. The fourth-order valence-electron chi connectivity index (χ4n) is 2.38. The summed E-state index contributed by atoms with van der Waals surface area (Å²) in [4.78, 5) is 34.6. The highest BCUT2D eigenvalue weighted by Crippen LogP contribution is 2.28. The van der Waals surface area contributed by atoms with Crippen molar-refractivity contribution < 1.29 is 19.5 Å². The van der Waals surface area contributed by atoms with Crippen LogP contribution in [0.1, 0.15) is 47.2 Å². The first-order valence-electron chi connectivity index (χ1n) is 7.80. The molecule has 124 valence electrons. The Labute approximate surface area is 135 Å². The molecule has 0 heterocycles. The Morgan fingerprint density at radius 3 is 2.48 bits per heavy atom. The zero-order chi connectivity index (χ0) is 17.0. The summed E-state index contributed by atoms with van der Waals surface area (Å²) in [6.07, 6.45) is 2.76. The monoisotopic (exact) mass is 318 g/mol. The maximum Gasteiger partial charge on any atom is 0.336 e. The summed E-state index contributed by atoms with van der Waals surface area (Å²) in [5, 5.41) is 14.7. The molecule has 1 aliphatic carbocycles. The van der Waals surface area contributed by atoms with Gasteiger partial charge in [0.25, 0.3) is 0 Å². The van der Waals surface area contributed by atoms with Crippen LogP contribution in [-0.2, 0) is 9.59 Å². The zero-order valence-electron chi connectivity index (χ0n) is 13.4. The van der Waals surface area contributed by atoms with Crippen LogP contribution >= 0.6 is 0 Å². The number of hydrogen-bond donors (Lipinski definition) is 3. The van der Waals surface area contributed by atoms with E-state index in [1.807, 2.05) is 6.92 Å². The van der Waals surface area contributed by atoms with Crippen LogP contribution in [-0.4, -0.2) is 29.4 Å². The Hall–Kier alpha value is -2.37. The van der Waals surface area contributed by atoms with Crippen LogP contribution in [0, 0.1) is 19.8 Å². The SMILES string of the molecule is Cc1cc(C)c(C(=O)O)cc1NC(=O)CCCNC(=O)C1CC1. The molecule has 0 bridgehead atoms. The Bertz CT molecular complexity index is 636. The van der Waals surface area contributed by atoms with Crippen molar-refractivity contribution in [2.24, 2.45) is 5.92 Å². The van der Waals surface area contributed by atoms with Gasteiger partial charge in [-0.05, 0) is 50.3 Å². The number of carbonyl (C=O) groups excluding carboxylic acids is 2. The predicted octanol–water partition coefficient (Wildman–Crippen LogP) is 2.25.